The van der Waals surface area contributed by atoms with Crippen LogP contribution in [0.4, 0.5) is 0 Å². The summed E-state index contributed by atoms with van der Waals surface area (Å²) in [6, 6.07) is 11.3. The Balaban J connectivity index is 1.66. The van der Waals surface area contributed by atoms with Crippen molar-refractivity contribution in [3.05, 3.63) is 58.6 Å². The summed E-state index contributed by atoms with van der Waals surface area (Å²) in [5.41, 5.74) is 1.78. The van der Waals surface area contributed by atoms with Crippen molar-refractivity contribution in [1.82, 2.24) is 10.2 Å². The van der Waals surface area contributed by atoms with Gasteiger partial charge in [0, 0.05) is 18.2 Å². The fraction of sp³-hybridized carbons (Fsp3) is 0.318. The molecule has 2 aromatic rings. The topological polar surface area (TPSA) is 60.0 Å². The fourth-order valence-corrected chi connectivity index (χ4v) is 3.44. The zero-order valence-electron chi connectivity index (χ0n) is 16.8. The molecule has 0 fully saturated rings. The van der Waals surface area contributed by atoms with E-state index in [-0.39, 0.29) is 11.9 Å². The molecule has 3 rings (SSSR count). The van der Waals surface area contributed by atoms with E-state index in [0.29, 0.717) is 36.3 Å². The Bertz CT molecular complexity index is 898. The molecule has 7 heteroatoms. The maximum absolute atomic E-state index is 12.4. The summed E-state index contributed by atoms with van der Waals surface area (Å²) in [4.78, 5) is 14.4. The van der Waals surface area contributed by atoms with Crippen molar-refractivity contribution in [3.8, 4) is 17.2 Å². The van der Waals surface area contributed by atoms with E-state index >= 15 is 0 Å². The predicted molar refractivity (Wildman–Crippen MR) is 114 cm³/mol. The lowest BCUT2D eigenvalue weighted by Crippen LogP contribution is -2.33. The lowest BCUT2D eigenvalue weighted by Gasteiger charge is -2.26. The highest BCUT2D eigenvalue weighted by Crippen LogP contribution is 2.38. The molecule has 0 saturated carbocycles. The molecule has 1 aliphatic heterocycles. The van der Waals surface area contributed by atoms with Crippen LogP contribution < -0.4 is 19.5 Å². The number of amides is 1. The van der Waals surface area contributed by atoms with E-state index < -0.39 is 0 Å². The van der Waals surface area contributed by atoms with Crippen molar-refractivity contribution >= 4 is 23.6 Å². The molecule has 6 nitrogen and oxygen atoms in total. The first kappa shape index (κ1) is 21.0. The van der Waals surface area contributed by atoms with E-state index in [1.807, 2.05) is 49.3 Å². The van der Waals surface area contributed by atoms with Gasteiger partial charge in [0.05, 0.1) is 18.2 Å². The molecule has 0 aromatic heterocycles. The van der Waals surface area contributed by atoms with Crippen molar-refractivity contribution in [1.29, 1.82) is 0 Å². The van der Waals surface area contributed by atoms with Gasteiger partial charge in [0.15, 0.2) is 11.5 Å². The Morgan fingerprint density at radius 1 is 1.28 bits per heavy atom. The summed E-state index contributed by atoms with van der Waals surface area (Å²) in [5.74, 6) is 1.73. The van der Waals surface area contributed by atoms with Gasteiger partial charge in [-0.3, -0.25) is 4.79 Å². The number of hydrogen-bond acceptors (Lipinski definition) is 5. The van der Waals surface area contributed by atoms with E-state index in [4.69, 9.17) is 25.8 Å². The Morgan fingerprint density at radius 2 is 2.03 bits per heavy atom. The Labute approximate surface area is 176 Å². The van der Waals surface area contributed by atoms with E-state index in [0.717, 1.165) is 16.9 Å². The largest absolute Gasteiger partial charge is 0.496 e. The van der Waals surface area contributed by atoms with E-state index in [2.05, 4.69) is 5.32 Å². The van der Waals surface area contributed by atoms with Crippen molar-refractivity contribution in [2.75, 3.05) is 41.0 Å². The zero-order valence-corrected chi connectivity index (χ0v) is 17.5. The Hall–Kier alpha value is -2.70. The summed E-state index contributed by atoms with van der Waals surface area (Å²) >= 11 is 6.24. The molecule has 0 spiro atoms. The molecule has 0 aliphatic carbocycles. The number of para-hydroxylation sites is 1. The van der Waals surface area contributed by atoms with Crippen LogP contribution in [0.1, 0.15) is 17.2 Å². The number of ether oxygens (including phenoxy) is 3. The first-order valence-electron chi connectivity index (χ1n) is 9.34. The van der Waals surface area contributed by atoms with Gasteiger partial charge in [0.1, 0.15) is 19.0 Å². The fourth-order valence-electron chi connectivity index (χ4n) is 3.17. The van der Waals surface area contributed by atoms with Crippen LogP contribution in [-0.2, 0) is 4.79 Å². The molecular weight excluding hydrogens is 392 g/mol. The number of likely N-dealkylation sites (N-methyl/N-ethyl adjacent to an activating group) is 1. The number of benzene rings is 2. The van der Waals surface area contributed by atoms with Crippen molar-refractivity contribution < 1.29 is 19.0 Å². The summed E-state index contributed by atoms with van der Waals surface area (Å²) in [6.45, 7) is 1.40. The minimum Gasteiger partial charge on any atom is -0.496 e. The third kappa shape index (κ3) is 5.22. The molecule has 0 saturated heterocycles. The number of methoxy groups -OCH3 is 1. The molecule has 1 amide bonds. The number of nitrogens with zero attached hydrogens (tertiary/aromatic N) is 1. The normalized spacial score (nSPS) is 14.1. The van der Waals surface area contributed by atoms with Crippen molar-refractivity contribution in [2.45, 2.75) is 6.04 Å². The lowest BCUT2D eigenvalue weighted by atomic mass is 10.0. The van der Waals surface area contributed by atoms with Crippen LogP contribution in [0.15, 0.2) is 42.5 Å². The highest BCUT2D eigenvalue weighted by Gasteiger charge is 2.19. The average Bonchev–Trinajstić information content (AvgIpc) is 2.72. The van der Waals surface area contributed by atoms with Crippen LogP contribution in [0.2, 0.25) is 5.02 Å². The predicted octanol–water partition coefficient (Wildman–Crippen LogP) is 3.55. The molecule has 0 bridgehead atoms. The highest BCUT2D eigenvalue weighted by atomic mass is 35.5. The van der Waals surface area contributed by atoms with Crippen LogP contribution in [0.25, 0.3) is 6.08 Å². The van der Waals surface area contributed by atoms with Gasteiger partial charge >= 0.3 is 0 Å². The van der Waals surface area contributed by atoms with Gasteiger partial charge in [-0.2, -0.15) is 0 Å². The van der Waals surface area contributed by atoms with Gasteiger partial charge < -0.3 is 24.4 Å². The van der Waals surface area contributed by atoms with Crippen LogP contribution in [0.5, 0.6) is 17.2 Å². The molecule has 1 N–H and O–H groups in total. The Morgan fingerprint density at radius 3 is 2.79 bits per heavy atom. The number of halogens is 1. The third-order valence-corrected chi connectivity index (χ3v) is 4.92. The number of fused-ring (bicyclic) bond motifs is 1. The molecule has 1 heterocycles. The molecular formula is C22H25ClN2O4. The molecule has 1 aliphatic rings. The maximum atomic E-state index is 12.4. The van der Waals surface area contributed by atoms with Crippen LogP contribution in [0, 0.1) is 0 Å². The van der Waals surface area contributed by atoms with Gasteiger partial charge in [-0.25, -0.2) is 0 Å². The van der Waals surface area contributed by atoms with E-state index in [9.17, 15) is 4.79 Å². The minimum absolute atomic E-state index is 0.0211. The first-order valence-corrected chi connectivity index (χ1v) is 9.71. The quantitative estimate of drug-likeness (QED) is 0.699. The van der Waals surface area contributed by atoms with Gasteiger partial charge in [-0.15, -0.1) is 0 Å². The lowest BCUT2D eigenvalue weighted by molar-refractivity contribution is -0.116. The number of hydrogen-bond donors (Lipinski definition) is 1. The highest BCUT2D eigenvalue weighted by molar-refractivity contribution is 6.32. The van der Waals surface area contributed by atoms with Crippen LogP contribution in [-0.4, -0.2) is 51.8 Å². The molecule has 1 unspecified atom stereocenters. The van der Waals surface area contributed by atoms with E-state index in [1.165, 1.54) is 6.08 Å². The van der Waals surface area contributed by atoms with Gasteiger partial charge in [-0.05, 0) is 43.9 Å². The monoisotopic (exact) mass is 416 g/mol. The third-order valence-electron chi connectivity index (χ3n) is 4.64. The van der Waals surface area contributed by atoms with Gasteiger partial charge in [-0.1, -0.05) is 29.8 Å². The van der Waals surface area contributed by atoms with Crippen molar-refractivity contribution in [3.63, 3.8) is 0 Å². The van der Waals surface area contributed by atoms with Gasteiger partial charge in [0.2, 0.25) is 5.91 Å². The first-order chi connectivity index (χ1) is 14.0. The summed E-state index contributed by atoms with van der Waals surface area (Å²) in [6.07, 6.45) is 3.18. The summed E-state index contributed by atoms with van der Waals surface area (Å²) in [5, 5.41) is 3.41. The Kier molecular flexibility index (Phi) is 7.01. The molecule has 1 atom stereocenters. The van der Waals surface area contributed by atoms with Crippen LogP contribution in [0.3, 0.4) is 0 Å². The van der Waals surface area contributed by atoms with Crippen molar-refractivity contribution in [2.24, 2.45) is 0 Å². The molecule has 0 radical (unpaired) electrons. The average molecular weight is 417 g/mol. The smallest absolute Gasteiger partial charge is 0.244 e. The number of carbonyl (C=O) groups excluding carboxylic acids is 1. The number of carbonyl (C=O) groups is 1. The molecule has 29 heavy (non-hydrogen) atoms. The molecule has 154 valence electrons. The minimum atomic E-state index is -0.197. The summed E-state index contributed by atoms with van der Waals surface area (Å²) in [7, 11) is 5.58. The standard InChI is InChI=1S/C22H25ClN2O4/c1-25(2)18(16-6-4-5-7-19(16)27-3)14-24-21(26)9-8-15-12-17(23)22-20(13-15)28-10-11-29-22/h4-9,12-13,18H,10-11,14H2,1-3H3,(H,24,26). The van der Waals surface area contributed by atoms with E-state index in [1.54, 1.807) is 19.3 Å². The van der Waals surface area contributed by atoms with Gasteiger partial charge in [0.25, 0.3) is 0 Å². The zero-order chi connectivity index (χ0) is 20.8. The number of rotatable bonds is 7. The number of nitrogens with one attached hydrogen (secondary N) is 1. The second-order valence-corrected chi connectivity index (χ2v) is 7.23. The maximum Gasteiger partial charge on any atom is 0.244 e. The second kappa shape index (κ2) is 9.67. The summed E-state index contributed by atoms with van der Waals surface area (Å²) < 4.78 is 16.5. The second-order valence-electron chi connectivity index (χ2n) is 6.83. The van der Waals surface area contributed by atoms with Crippen LogP contribution >= 0.6 is 11.6 Å². The SMILES string of the molecule is COc1ccccc1C(CNC(=O)C=Cc1cc(Cl)c2c(c1)OCCO2)N(C)C. The molecule has 2 aromatic carbocycles.